The second-order valence-electron chi connectivity index (χ2n) is 10.9. The van der Waals surface area contributed by atoms with Crippen molar-refractivity contribution >= 4 is 10.2 Å². The molecule has 0 fully saturated rings. The van der Waals surface area contributed by atoms with Crippen molar-refractivity contribution in [2.45, 2.75) is 180 Å². The van der Waals surface area contributed by atoms with E-state index in [1.807, 2.05) is 0 Å². The molecule has 0 amide bonds. The van der Waals surface area contributed by atoms with Gasteiger partial charge in [0, 0.05) is 10.2 Å². The van der Waals surface area contributed by atoms with Crippen molar-refractivity contribution in [3.05, 3.63) is 0 Å². The molecule has 0 aliphatic rings. The van der Waals surface area contributed by atoms with Crippen LogP contribution in [-0.2, 0) is 0 Å². The summed E-state index contributed by atoms with van der Waals surface area (Å²) in [5, 5.41) is 0.733. The van der Waals surface area contributed by atoms with Crippen LogP contribution in [-0.4, -0.2) is 10.2 Å². The van der Waals surface area contributed by atoms with Gasteiger partial charge in [-0.1, -0.05) is 175 Å². The van der Waals surface area contributed by atoms with Crippen LogP contribution in [0.5, 0.6) is 0 Å². The average molecular weight is 439 g/mol. The summed E-state index contributed by atoms with van der Waals surface area (Å²) in [6, 6.07) is 0. The van der Waals surface area contributed by atoms with E-state index in [9.17, 15) is 0 Å². The molecular formula is C29H62Si. The molecule has 1 heteroatoms. The van der Waals surface area contributed by atoms with Crippen molar-refractivity contribution < 1.29 is 0 Å². The van der Waals surface area contributed by atoms with E-state index in [0.29, 0.717) is 0 Å². The van der Waals surface area contributed by atoms with Gasteiger partial charge in [0.05, 0.1) is 0 Å². The van der Waals surface area contributed by atoms with Gasteiger partial charge in [-0.2, -0.15) is 0 Å². The SMILES string of the molecule is CCCCCCCCCCC([SiH3])(CCCCCCCCCC)C(C)CCCCCC. The fraction of sp³-hybridized carbons (Fsp3) is 1.00. The van der Waals surface area contributed by atoms with Crippen LogP contribution in [0.25, 0.3) is 0 Å². The van der Waals surface area contributed by atoms with Gasteiger partial charge in [-0.25, -0.2) is 0 Å². The van der Waals surface area contributed by atoms with Gasteiger partial charge in [0.1, 0.15) is 0 Å². The molecule has 0 N–H and O–H groups in total. The van der Waals surface area contributed by atoms with Gasteiger partial charge in [0.15, 0.2) is 0 Å². The minimum Gasteiger partial charge on any atom is -0.0654 e. The molecule has 0 nitrogen and oxygen atoms in total. The van der Waals surface area contributed by atoms with Crippen molar-refractivity contribution in [2.75, 3.05) is 0 Å². The largest absolute Gasteiger partial charge is 0.0654 e. The van der Waals surface area contributed by atoms with Crippen molar-refractivity contribution in [3.63, 3.8) is 0 Å². The zero-order valence-corrected chi connectivity index (χ0v) is 24.3. The lowest BCUT2D eigenvalue weighted by atomic mass is 9.80. The summed E-state index contributed by atoms with van der Waals surface area (Å²) in [6.07, 6.45) is 33.8. The zero-order chi connectivity index (χ0) is 22.3. The third-order valence-electron chi connectivity index (χ3n) is 7.88. The molecule has 0 aliphatic heterocycles. The van der Waals surface area contributed by atoms with Gasteiger partial charge >= 0.3 is 0 Å². The van der Waals surface area contributed by atoms with Crippen LogP contribution in [0.15, 0.2) is 0 Å². The molecular weight excluding hydrogens is 376 g/mol. The van der Waals surface area contributed by atoms with Gasteiger partial charge < -0.3 is 0 Å². The van der Waals surface area contributed by atoms with Crippen LogP contribution in [0.1, 0.15) is 175 Å². The Morgan fingerprint density at radius 2 is 0.767 bits per heavy atom. The summed E-state index contributed by atoms with van der Waals surface area (Å²) >= 11 is 0. The Labute approximate surface area is 196 Å². The van der Waals surface area contributed by atoms with E-state index < -0.39 is 0 Å². The van der Waals surface area contributed by atoms with E-state index >= 15 is 0 Å². The molecule has 0 rings (SSSR count). The predicted octanol–water partition coefficient (Wildman–Crippen LogP) is 10.2. The molecule has 0 bridgehead atoms. The quantitative estimate of drug-likeness (QED) is 0.104. The van der Waals surface area contributed by atoms with Crippen LogP contribution in [0.3, 0.4) is 0 Å². The molecule has 0 aromatic heterocycles. The number of hydrogen-bond acceptors (Lipinski definition) is 0. The number of hydrogen-bond donors (Lipinski definition) is 0. The highest BCUT2D eigenvalue weighted by Gasteiger charge is 2.29. The number of unbranched alkanes of at least 4 members (excludes halogenated alkanes) is 17. The van der Waals surface area contributed by atoms with Gasteiger partial charge in [-0.3, -0.25) is 0 Å². The van der Waals surface area contributed by atoms with Gasteiger partial charge in [0.2, 0.25) is 0 Å². The van der Waals surface area contributed by atoms with Crippen molar-refractivity contribution in [2.24, 2.45) is 5.92 Å². The monoisotopic (exact) mass is 438 g/mol. The Morgan fingerprint density at radius 1 is 0.467 bits per heavy atom. The Kier molecular flexibility index (Phi) is 22.6. The van der Waals surface area contributed by atoms with Crippen molar-refractivity contribution in [3.8, 4) is 0 Å². The first-order valence-corrected chi connectivity index (χ1v) is 15.6. The second-order valence-corrected chi connectivity index (χ2v) is 12.8. The minimum atomic E-state index is 0.733. The second kappa shape index (κ2) is 22.4. The lowest BCUT2D eigenvalue weighted by Gasteiger charge is -2.37. The molecule has 0 aromatic carbocycles. The summed E-state index contributed by atoms with van der Waals surface area (Å²) in [5.41, 5.74) is 0. The molecule has 1 unspecified atom stereocenters. The molecule has 1 atom stereocenters. The van der Waals surface area contributed by atoms with E-state index in [-0.39, 0.29) is 0 Å². The van der Waals surface area contributed by atoms with E-state index in [4.69, 9.17) is 0 Å². The summed E-state index contributed by atoms with van der Waals surface area (Å²) in [4.78, 5) is 0. The summed E-state index contributed by atoms with van der Waals surface area (Å²) in [5.74, 6) is 0.968. The van der Waals surface area contributed by atoms with E-state index in [2.05, 4.69) is 27.7 Å². The zero-order valence-electron chi connectivity index (χ0n) is 22.3. The third kappa shape index (κ3) is 17.9. The molecule has 0 radical (unpaired) electrons. The summed E-state index contributed by atoms with van der Waals surface area (Å²) < 4.78 is 0. The fourth-order valence-corrected chi connectivity index (χ4v) is 6.16. The molecule has 0 saturated heterocycles. The maximum Gasteiger partial charge on any atom is 0.0110 e. The first-order chi connectivity index (χ1) is 14.6. The highest BCUT2D eigenvalue weighted by Crippen LogP contribution is 2.45. The fourth-order valence-electron chi connectivity index (χ4n) is 5.17. The highest BCUT2D eigenvalue weighted by molar-refractivity contribution is 6.15. The summed E-state index contributed by atoms with van der Waals surface area (Å²) in [6.45, 7) is 9.60. The lowest BCUT2D eigenvalue weighted by Crippen LogP contribution is -2.22. The van der Waals surface area contributed by atoms with Crippen LogP contribution in [0, 0.1) is 5.92 Å². The molecule has 0 aromatic rings. The Bertz CT molecular complexity index is 304. The lowest BCUT2D eigenvalue weighted by molar-refractivity contribution is 0.294. The van der Waals surface area contributed by atoms with Gasteiger partial charge in [-0.15, -0.1) is 0 Å². The molecule has 0 saturated carbocycles. The topological polar surface area (TPSA) is 0 Å². The van der Waals surface area contributed by atoms with Gasteiger partial charge in [0.25, 0.3) is 0 Å². The van der Waals surface area contributed by atoms with Crippen LogP contribution in [0.2, 0.25) is 5.04 Å². The van der Waals surface area contributed by atoms with Crippen molar-refractivity contribution in [1.29, 1.82) is 0 Å². The molecule has 30 heavy (non-hydrogen) atoms. The van der Waals surface area contributed by atoms with Crippen LogP contribution >= 0.6 is 0 Å². The standard InChI is InChI=1S/C29H62Si/c1-5-8-11-14-16-18-20-23-26-29(30,28(4)25-22-13-10-7-3)27-24-21-19-17-15-12-9-6-2/h28H,5-27H2,1-4,30H3. The first-order valence-electron chi connectivity index (χ1n) is 14.6. The Hall–Kier alpha value is 0.217. The smallest absolute Gasteiger partial charge is 0.0110 e. The Balaban J connectivity index is 4.20. The van der Waals surface area contributed by atoms with Gasteiger partial charge in [-0.05, 0) is 11.0 Å². The van der Waals surface area contributed by atoms with E-state index in [1.54, 1.807) is 12.8 Å². The minimum absolute atomic E-state index is 0.733. The molecule has 0 aliphatic carbocycles. The van der Waals surface area contributed by atoms with Crippen LogP contribution < -0.4 is 0 Å². The maximum atomic E-state index is 2.62. The number of rotatable bonds is 24. The predicted molar refractivity (Wildman–Crippen MR) is 145 cm³/mol. The first kappa shape index (κ1) is 30.2. The molecule has 182 valence electrons. The highest BCUT2D eigenvalue weighted by atomic mass is 28.1. The normalized spacial score (nSPS) is 13.2. The Morgan fingerprint density at radius 3 is 1.13 bits per heavy atom. The van der Waals surface area contributed by atoms with Crippen molar-refractivity contribution in [1.82, 2.24) is 0 Å². The molecule has 0 spiro atoms. The molecule has 0 heterocycles. The van der Waals surface area contributed by atoms with E-state index in [0.717, 1.165) is 11.0 Å². The van der Waals surface area contributed by atoms with Crippen LogP contribution in [0.4, 0.5) is 0 Å². The van der Waals surface area contributed by atoms with E-state index in [1.165, 1.54) is 145 Å². The summed E-state index contributed by atoms with van der Waals surface area (Å²) in [7, 11) is 1.41. The maximum absolute atomic E-state index is 2.62. The third-order valence-corrected chi connectivity index (χ3v) is 9.87. The average Bonchev–Trinajstić information content (AvgIpc) is 2.75.